The van der Waals surface area contributed by atoms with Crippen molar-refractivity contribution in [2.75, 3.05) is 32.4 Å². The molecule has 3 N–H and O–H groups in total. The minimum atomic E-state index is -0.215. The number of carbonyl (C=O) groups excluding carboxylic acids is 1. The largest absolute Gasteiger partial charge is 0.493 e. The lowest BCUT2D eigenvalue weighted by atomic mass is 10.1. The Hall–Kier alpha value is -4.19. The summed E-state index contributed by atoms with van der Waals surface area (Å²) in [4.78, 5) is 12.3. The number of carbonyl (C=O) groups is 1. The van der Waals surface area contributed by atoms with Crippen LogP contribution in [0.2, 0.25) is 0 Å². The molecule has 0 atom stereocenters. The molecule has 3 aromatic rings. The van der Waals surface area contributed by atoms with Gasteiger partial charge in [0.05, 0.1) is 21.3 Å². The number of benzene rings is 3. The van der Waals surface area contributed by atoms with Crippen LogP contribution in [0, 0.1) is 0 Å². The Bertz CT molecular complexity index is 1110. The number of nitrogen functional groups attached to an aromatic ring is 1. The van der Waals surface area contributed by atoms with Crippen LogP contribution in [0.5, 0.6) is 17.2 Å². The lowest BCUT2D eigenvalue weighted by Crippen LogP contribution is -2.07. The molecule has 3 rings (SSSR count). The fraction of sp³-hybridized carbons (Fsp3) is 0.115. The third-order valence-corrected chi connectivity index (χ3v) is 4.67. The molecule has 0 heterocycles. The van der Waals surface area contributed by atoms with E-state index in [9.17, 15) is 4.79 Å². The molecule has 0 saturated heterocycles. The summed E-state index contributed by atoms with van der Waals surface area (Å²) in [5, 5.41) is 2.87. The van der Waals surface area contributed by atoms with E-state index >= 15 is 0 Å². The zero-order valence-electron chi connectivity index (χ0n) is 18.3. The molecule has 3 aromatic carbocycles. The Morgan fingerprint density at radius 3 is 2.06 bits per heavy atom. The molecule has 0 bridgehead atoms. The van der Waals surface area contributed by atoms with Gasteiger partial charge >= 0.3 is 0 Å². The van der Waals surface area contributed by atoms with Crippen molar-refractivity contribution < 1.29 is 19.0 Å². The van der Waals surface area contributed by atoms with Gasteiger partial charge in [-0.1, -0.05) is 36.4 Å². The first kappa shape index (κ1) is 22.5. The van der Waals surface area contributed by atoms with Crippen molar-refractivity contribution in [1.29, 1.82) is 0 Å². The van der Waals surface area contributed by atoms with Gasteiger partial charge < -0.3 is 25.3 Å². The zero-order chi connectivity index (χ0) is 22.9. The molecule has 32 heavy (non-hydrogen) atoms. The van der Waals surface area contributed by atoms with Crippen molar-refractivity contribution in [2.45, 2.75) is 0 Å². The number of hydrogen-bond donors (Lipinski definition) is 2. The van der Waals surface area contributed by atoms with E-state index in [0.717, 1.165) is 16.7 Å². The highest BCUT2D eigenvalue weighted by Gasteiger charge is 2.12. The SMILES string of the molecule is COc1cc(/C=C/c2cccc(NC(=O)/C=C/c3ccc(N)cc3)c2)cc(OC)c1OC. The summed E-state index contributed by atoms with van der Waals surface area (Å²) in [5.74, 6) is 1.50. The summed E-state index contributed by atoms with van der Waals surface area (Å²) in [6.07, 6.45) is 7.11. The molecule has 0 unspecified atom stereocenters. The van der Waals surface area contributed by atoms with E-state index in [2.05, 4.69) is 5.32 Å². The maximum Gasteiger partial charge on any atom is 0.248 e. The molecule has 6 heteroatoms. The summed E-state index contributed by atoms with van der Waals surface area (Å²) in [6.45, 7) is 0. The zero-order valence-corrected chi connectivity index (χ0v) is 18.3. The Morgan fingerprint density at radius 1 is 0.781 bits per heavy atom. The monoisotopic (exact) mass is 430 g/mol. The van der Waals surface area contributed by atoms with Crippen LogP contribution in [-0.4, -0.2) is 27.2 Å². The van der Waals surface area contributed by atoms with E-state index in [1.165, 1.54) is 6.08 Å². The third-order valence-electron chi connectivity index (χ3n) is 4.67. The number of ether oxygens (including phenoxy) is 3. The number of nitrogens with one attached hydrogen (secondary N) is 1. The Balaban J connectivity index is 1.71. The normalized spacial score (nSPS) is 11.0. The summed E-state index contributed by atoms with van der Waals surface area (Å²) in [7, 11) is 4.73. The second kappa shape index (κ2) is 10.7. The van der Waals surface area contributed by atoms with Crippen molar-refractivity contribution in [3.8, 4) is 17.2 Å². The second-order valence-electron chi connectivity index (χ2n) is 6.91. The van der Waals surface area contributed by atoms with E-state index in [1.807, 2.05) is 60.7 Å². The predicted octanol–water partition coefficient (Wildman–Crippen LogP) is 5.12. The van der Waals surface area contributed by atoms with Crippen LogP contribution in [0.1, 0.15) is 16.7 Å². The fourth-order valence-electron chi connectivity index (χ4n) is 3.07. The van der Waals surface area contributed by atoms with Crippen LogP contribution in [0.3, 0.4) is 0 Å². The van der Waals surface area contributed by atoms with Crippen molar-refractivity contribution >= 4 is 35.5 Å². The van der Waals surface area contributed by atoms with E-state index in [1.54, 1.807) is 39.5 Å². The molecule has 0 aliphatic carbocycles. The fourth-order valence-corrected chi connectivity index (χ4v) is 3.07. The number of anilines is 2. The first-order chi connectivity index (χ1) is 15.5. The first-order valence-electron chi connectivity index (χ1n) is 9.95. The van der Waals surface area contributed by atoms with Gasteiger partial charge in [0.15, 0.2) is 11.5 Å². The average molecular weight is 431 g/mol. The molecule has 0 fully saturated rings. The van der Waals surface area contributed by atoms with Crippen LogP contribution in [-0.2, 0) is 4.79 Å². The van der Waals surface area contributed by atoms with Gasteiger partial charge in [0.25, 0.3) is 0 Å². The predicted molar refractivity (Wildman–Crippen MR) is 130 cm³/mol. The summed E-state index contributed by atoms with van der Waals surface area (Å²) in [5.41, 5.74) is 9.78. The topological polar surface area (TPSA) is 82.8 Å². The highest BCUT2D eigenvalue weighted by molar-refractivity contribution is 6.02. The molecule has 0 spiro atoms. The van der Waals surface area contributed by atoms with E-state index < -0.39 is 0 Å². The molecular formula is C26H26N2O4. The number of amides is 1. The Labute approximate surface area is 187 Å². The highest BCUT2D eigenvalue weighted by Crippen LogP contribution is 2.38. The van der Waals surface area contributed by atoms with Gasteiger partial charge in [0, 0.05) is 17.5 Å². The lowest BCUT2D eigenvalue weighted by Gasteiger charge is -2.12. The minimum absolute atomic E-state index is 0.215. The Morgan fingerprint density at radius 2 is 1.44 bits per heavy atom. The summed E-state index contributed by atoms with van der Waals surface area (Å²) in [6, 6.07) is 18.6. The van der Waals surface area contributed by atoms with Gasteiger partial charge in [-0.2, -0.15) is 0 Å². The molecule has 164 valence electrons. The van der Waals surface area contributed by atoms with Gasteiger partial charge in [0.1, 0.15) is 0 Å². The second-order valence-corrected chi connectivity index (χ2v) is 6.91. The maximum atomic E-state index is 12.3. The van der Waals surface area contributed by atoms with Crippen molar-refractivity contribution in [3.63, 3.8) is 0 Å². The molecule has 6 nitrogen and oxygen atoms in total. The standard InChI is InChI=1S/C26H26N2O4/c1-30-23-16-20(17-24(31-2)26(23)32-3)8-7-19-5-4-6-22(15-19)28-25(29)14-11-18-9-12-21(27)13-10-18/h4-17H,27H2,1-3H3,(H,28,29)/b8-7+,14-11+. The minimum Gasteiger partial charge on any atom is -0.493 e. The number of hydrogen-bond acceptors (Lipinski definition) is 5. The Kier molecular flexibility index (Phi) is 7.54. The van der Waals surface area contributed by atoms with E-state index in [0.29, 0.717) is 28.6 Å². The third kappa shape index (κ3) is 5.92. The molecule has 0 aliphatic rings. The smallest absolute Gasteiger partial charge is 0.248 e. The number of rotatable bonds is 8. The number of nitrogens with two attached hydrogens (primary N) is 1. The average Bonchev–Trinajstić information content (AvgIpc) is 2.81. The maximum absolute atomic E-state index is 12.3. The molecule has 1 amide bonds. The highest BCUT2D eigenvalue weighted by atomic mass is 16.5. The summed E-state index contributed by atoms with van der Waals surface area (Å²) >= 11 is 0. The van der Waals surface area contributed by atoms with E-state index in [4.69, 9.17) is 19.9 Å². The van der Waals surface area contributed by atoms with Gasteiger partial charge in [-0.15, -0.1) is 0 Å². The van der Waals surface area contributed by atoms with Gasteiger partial charge in [-0.3, -0.25) is 4.79 Å². The van der Waals surface area contributed by atoms with Gasteiger partial charge in [-0.25, -0.2) is 0 Å². The van der Waals surface area contributed by atoms with Gasteiger partial charge in [0.2, 0.25) is 11.7 Å². The van der Waals surface area contributed by atoms with Crippen molar-refractivity contribution in [3.05, 3.63) is 83.4 Å². The van der Waals surface area contributed by atoms with Crippen molar-refractivity contribution in [1.82, 2.24) is 0 Å². The molecular weight excluding hydrogens is 404 g/mol. The number of methoxy groups -OCH3 is 3. The molecule has 0 aromatic heterocycles. The van der Waals surface area contributed by atoms with Crippen LogP contribution in [0.4, 0.5) is 11.4 Å². The van der Waals surface area contributed by atoms with Crippen molar-refractivity contribution in [2.24, 2.45) is 0 Å². The summed E-state index contributed by atoms with van der Waals surface area (Å²) < 4.78 is 16.1. The first-order valence-corrected chi connectivity index (χ1v) is 9.95. The van der Waals surface area contributed by atoms with E-state index in [-0.39, 0.29) is 5.91 Å². The van der Waals surface area contributed by atoms with Crippen LogP contribution in [0.25, 0.3) is 18.2 Å². The molecule has 0 aliphatic heterocycles. The van der Waals surface area contributed by atoms with Crippen LogP contribution in [0.15, 0.2) is 66.7 Å². The lowest BCUT2D eigenvalue weighted by molar-refractivity contribution is -0.111. The van der Waals surface area contributed by atoms with Crippen LogP contribution >= 0.6 is 0 Å². The van der Waals surface area contributed by atoms with Crippen LogP contribution < -0.4 is 25.3 Å². The quantitative estimate of drug-likeness (QED) is 0.295. The molecule has 0 saturated carbocycles. The van der Waals surface area contributed by atoms with Gasteiger partial charge in [-0.05, 0) is 59.2 Å². The molecule has 0 radical (unpaired) electrons.